The third-order valence-corrected chi connectivity index (χ3v) is 4.08. The number of ether oxygens (including phenoxy) is 1. The van der Waals surface area contributed by atoms with Gasteiger partial charge in [0, 0.05) is 30.6 Å². The molecule has 0 aromatic heterocycles. The Morgan fingerprint density at radius 1 is 1.39 bits per heavy atom. The number of amides is 1. The highest BCUT2D eigenvalue weighted by Crippen LogP contribution is 2.23. The molecule has 1 aliphatic rings. The van der Waals surface area contributed by atoms with Crippen LogP contribution in [0, 0.1) is 11.7 Å². The molecule has 2 rings (SSSR count). The number of hydrogen-bond donors (Lipinski definition) is 1. The van der Waals surface area contributed by atoms with Crippen LogP contribution in [0.2, 0.25) is 0 Å². The lowest BCUT2D eigenvalue weighted by atomic mass is 10.1. The van der Waals surface area contributed by atoms with Crippen LogP contribution in [0.5, 0.6) is 0 Å². The summed E-state index contributed by atoms with van der Waals surface area (Å²) in [5.74, 6) is -0.827. The van der Waals surface area contributed by atoms with Gasteiger partial charge in [0.2, 0.25) is 5.91 Å². The summed E-state index contributed by atoms with van der Waals surface area (Å²) in [4.78, 5) is 25.7. The number of benzene rings is 1. The minimum atomic E-state index is -0.475. The van der Waals surface area contributed by atoms with Crippen LogP contribution in [0.3, 0.4) is 0 Å². The first-order valence-electron chi connectivity index (χ1n) is 7.78. The van der Waals surface area contributed by atoms with E-state index in [2.05, 4.69) is 5.32 Å². The molecule has 0 spiro atoms. The molecule has 0 unspecified atom stereocenters. The second-order valence-corrected chi connectivity index (χ2v) is 6.16. The van der Waals surface area contributed by atoms with E-state index >= 15 is 0 Å². The highest BCUT2D eigenvalue weighted by Gasteiger charge is 2.38. The first-order valence-corrected chi connectivity index (χ1v) is 7.78. The number of esters is 1. The Hall–Kier alpha value is -1.95. The molecule has 1 aromatic carbocycles. The van der Waals surface area contributed by atoms with Crippen LogP contribution in [-0.2, 0) is 20.9 Å². The van der Waals surface area contributed by atoms with Crippen molar-refractivity contribution in [3.8, 4) is 0 Å². The maximum Gasteiger partial charge on any atom is 0.323 e. The summed E-state index contributed by atoms with van der Waals surface area (Å²) >= 11 is 0. The lowest BCUT2D eigenvalue weighted by Gasteiger charge is -2.22. The zero-order chi connectivity index (χ0) is 17.0. The van der Waals surface area contributed by atoms with E-state index in [0.29, 0.717) is 25.1 Å². The number of carbonyl (C=O) groups excluding carboxylic acids is 2. The molecule has 1 aliphatic heterocycles. The summed E-state index contributed by atoms with van der Waals surface area (Å²) in [5, 5.41) is 2.94. The monoisotopic (exact) mass is 322 g/mol. The van der Waals surface area contributed by atoms with Crippen LogP contribution in [0.15, 0.2) is 24.3 Å². The van der Waals surface area contributed by atoms with Gasteiger partial charge < -0.3 is 10.1 Å². The van der Waals surface area contributed by atoms with Crippen molar-refractivity contribution in [2.75, 3.05) is 13.7 Å². The number of carbonyl (C=O) groups is 2. The molecule has 6 heteroatoms. The molecule has 0 radical (unpaired) electrons. The fourth-order valence-corrected chi connectivity index (χ4v) is 2.78. The summed E-state index contributed by atoms with van der Waals surface area (Å²) < 4.78 is 18.7. The van der Waals surface area contributed by atoms with Gasteiger partial charge >= 0.3 is 5.97 Å². The molecule has 0 saturated carbocycles. The Labute approximate surface area is 135 Å². The van der Waals surface area contributed by atoms with Gasteiger partial charge in [0.1, 0.15) is 11.9 Å². The zero-order valence-electron chi connectivity index (χ0n) is 13.7. The van der Waals surface area contributed by atoms with E-state index < -0.39 is 6.04 Å². The van der Waals surface area contributed by atoms with E-state index in [1.54, 1.807) is 18.2 Å². The molecule has 1 saturated heterocycles. The van der Waals surface area contributed by atoms with Gasteiger partial charge in [-0.1, -0.05) is 32.0 Å². The third kappa shape index (κ3) is 4.28. The molecular weight excluding hydrogens is 299 g/mol. The lowest BCUT2D eigenvalue weighted by molar-refractivity contribution is -0.146. The van der Waals surface area contributed by atoms with Crippen molar-refractivity contribution < 1.29 is 18.7 Å². The number of nitrogens with zero attached hydrogens (tertiary/aromatic N) is 1. The average molecular weight is 322 g/mol. The third-order valence-electron chi connectivity index (χ3n) is 4.08. The Kier molecular flexibility index (Phi) is 5.71. The molecule has 2 atom stereocenters. The van der Waals surface area contributed by atoms with Crippen molar-refractivity contribution in [1.82, 2.24) is 10.2 Å². The van der Waals surface area contributed by atoms with E-state index in [0.717, 1.165) is 0 Å². The van der Waals surface area contributed by atoms with Gasteiger partial charge in [0.05, 0.1) is 7.11 Å². The van der Waals surface area contributed by atoms with Gasteiger partial charge in [-0.3, -0.25) is 14.5 Å². The quantitative estimate of drug-likeness (QED) is 0.839. The molecular formula is C17H23FN2O3. The van der Waals surface area contributed by atoms with Crippen LogP contribution < -0.4 is 5.32 Å². The van der Waals surface area contributed by atoms with E-state index in [9.17, 15) is 14.0 Å². The largest absolute Gasteiger partial charge is 0.468 e. The number of methoxy groups -OCH3 is 1. The first-order chi connectivity index (χ1) is 10.9. The summed E-state index contributed by atoms with van der Waals surface area (Å²) in [6.07, 6.45) is 0.472. The minimum absolute atomic E-state index is 0.0497. The SMILES string of the molecule is COC(=O)[C@@H]1C[C@@H](NC(=O)C(C)C)CN1Cc1ccccc1F. The molecule has 1 amide bonds. The zero-order valence-corrected chi connectivity index (χ0v) is 13.7. The highest BCUT2D eigenvalue weighted by molar-refractivity contribution is 5.79. The summed E-state index contributed by atoms with van der Waals surface area (Å²) in [6.45, 7) is 4.44. The van der Waals surface area contributed by atoms with Crippen LogP contribution in [0.1, 0.15) is 25.8 Å². The Morgan fingerprint density at radius 2 is 2.09 bits per heavy atom. The Morgan fingerprint density at radius 3 is 2.70 bits per heavy atom. The first kappa shape index (κ1) is 17.4. The second kappa shape index (κ2) is 7.55. The molecule has 23 heavy (non-hydrogen) atoms. The van der Waals surface area contributed by atoms with Gasteiger partial charge in [-0.2, -0.15) is 0 Å². The molecule has 1 aromatic rings. The molecule has 5 nitrogen and oxygen atoms in total. The average Bonchev–Trinajstić information content (AvgIpc) is 2.91. The normalized spacial score (nSPS) is 21.4. The fraction of sp³-hybridized carbons (Fsp3) is 0.529. The van der Waals surface area contributed by atoms with Crippen LogP contribution in [-0.4, -0.2) is 42.5 Å². The van der Waals surface area contributed by atoms with Crippen LogP contribution in [0.4, 0.5) is 4.39 Å². The molecule has 0 bridgehead atoms. The smallest absolute Gasteiger partial charge is 0.323 e. The van der Waals surface area contributed by atoms with Gasteiger partial charge in [-0.05, 0) is 12.5 Å². The number of hydrogen-bond acceptors (Lipinski definition) is 4. The van der Waals surface area contributed by atoms with Gasteiger partial charge in [0.15, 0.2) is 0 Å². The lowest BCUT2D eigenvalue weighted by Crippen LogP contribution is -2.39. The number of nitrogens with one attached hydrogen (secondary N) is 1. The fourth-order valence-electron chi connectivity index (χ4n) is 2.78. The molecule has 0 aliphatic carbocycles. The predicted molar refractivity (Wildman–Crippen MR) is 84.0 cm³/mol. The van der Waals surface area contributed by atoms with Crippen molar-refractivity contribution in [3.05, 3.63) is 35.6 Å². The molecule has 1 heterocycles. The topological polar surface area (TPSA) is 58.6 Å². The Balaban J connectivity index is 2.10. The summed E-state index contributed by atoms with van der Waals surface area (Å²) in [6, 6.07) is 5.88. The van der Waals surface area contributed by atoms with E-state index in [1.807, 2.05) is 18.7 Å². The predicted octanol–water partition coefficient (Wildman–Crippen LogP) is 1.71. The van der Waals surface area contributed by atoms with Crippen LogP contribution >= 0.6 is 0 Å². The van der Waals surface area contributed by atoms with Crippen molar-refractivity contribution in [1.29, 1.82) is 0 Å². The standard InChI is InChI=1S/C17H23FN2O3/c1-11(2)16(21)19-13-8-15(17(22)23-3)20(10-13)9-12-6-4-5-7-14(12)18/h4-7,11,13,15H,8-10H2,1-3H3,(H,19,21)/t13-,15+/m1/s1. The maximum atomic E-state index is 13.9. The molecule has 1 fully saturated rings. The van der Waals surface area contributed by atoms with Crippen molar-refractivity contribution in [2.45, 2.75) is 38.9 Å². The highest BCUT2D eigenvalue weighted by atomic mass is 19.1. The number of likely N-dealkylation sites (tertiary alicyclic amines) is 1. The van der Waals surface area contributed by atoms with Gasteiger partial charge in [0.25, 0.3) is 0 Å². The maximum absolute atomic E-state index is 13.9. The van der Waals surface area contributed by atoms with Crippen molar-refractivity contribution in [2.24, 2.45) is 5.92 Å². The Bertz CT molecular complexity index is 577. The number of rotatable bonds is 5. The van der Waals surface area contributed by atoms with E-state index in [1.165, 1.54) is 13.2 Å². The minimum Gasteiger partial charge on any atom is -0.468 e. The molecule has 1 N–H and O–H groups in total. The van der Waals surface area contributed by atoms with Crippen molar-refractivity contribution in [3.63, 3.8) is 0 Å². The number of halogens is 1. The van der Waals surface area contributed by atoms with Gasteiger partial charge in [-0.25, -0.2) is 4.39 Å². The van der Waals surface area contributed by atoms with E-state index in [4.69, 9.17) is 4.74 Å². The summed E-state index contributed by atoms with van der Waals surface area (Å²) in [5.41, 5.74) is 0.525. The molecule has 126 valence electrons. The van der Waals surface area contributed by atoms with Gasteiger partial charge in [-0.15, -0.1) is 0 Å². The van der Waals surface area contributed by atoms with Crippen LogP contribution in [0.25, 0.3) is 0 Å². The van der Waals surface area contributed by atoms with E-state index in [-0.39, 0.29) is 29.7 Å². The summed E-state index contributed by atoms with van der Waals surface area (Å²) in [7, 11) is 1.34. The van der Waals surface area contributed by atoms with Crippen molar-refractivity contribution >= 4 is 11.9 Å². The second-order valence-electron chi connectivity index (χ2n) is 6.16.